The van der Waals surface area contributed by atoms with Gasteiger partial charge in [-0.3, -0.25) is 0 Å². The first-order valence-corrected chi connectivity index (χ1v) is 16.1. The zero-order valence-corrected chi connectivity index (χ0v) is 22.8. The lowest BCUT2D eigenvalue weighted by Gasteiger charge is -2.34. The van der Waals surface area contributed by atoms with E-state index in [1.54, 1.807) is 6.33 Å². The van der Waals surface area contributed by atoms with E-state index in [1.807, 2.05) is 49.1 Å². The van der Waals surface area contributed by atoms with Gasteiger partial charge in [-0.15, -0.1) is 0 Å². The zero-order valence-electron chi connectivity index (χ0n) is 21.9. The number of benzene rings is 2. The molecular weight excluding hydrogens is 493 g/mol. The topological polar surface area (TPSA) is 84.3 Å². The highest BCUT2D eigenvalue weighted by Gasteiger charge is 2.34. The molecule has 1 aromatic heterocycles. The van der Waals surface area contributed by atoms with Crippen LogP contribution in [-0.2, 0) is 4.57 Å². The number of nitrogen functional groups attached to an aromatic ring is 1. The van der Waals surface area contributed by atoms with Gasteiger partial charge in [0.05, 0.1) is 12.9 Å². The molecule has 3 heterocycles. The molecule has 2 N–H and O–H groups in total. The van der Waals surface area contributed by atoms with Gasteiger partial charge in [-0.1, -0.05) is 30.3 Å². The maximum atomic E-state index is 12.3. The van der Waals surface area contributed by atoms with Gasteiger partial charge in [-0.25, -0.2) is 4.58 Å². The second kappa shape index (κ2) is 10.5. The Kier molecular flexibility index (Phi) is 6.89. The predicted molar refractivity (Wildman–Crippen MR) is 153 cm³/mol. The molecule has 2 aromatic carbocycles. The first-order valence-electron chi connectivity index (χ1n) is 13.5. The maximum absolute atomic E-state index is 12.3. The van der Waals surface area contributed by atoms with Gasteiger partial charge in [0.15, 0.2) is 0 Å². The normalized spacial score (nSPS) is 21.2. The van der Waals surface area contributed by atoms with Crippen LogP contribution >= 0.6 is 7.14 Å². The molecule has 0 unspecified atom stereocenters. The summed E-state index contributed by atoms with van der Waals surface area (Å²) in [5.41, 5.74) is 10.8. The van der Waals surface area contributed by atoms with E-state index in [1.165, 1.54) is 5.71 Å². The summed E-state index contributed by atoms with van der Waals surface area (Å²) in [6, 6.07) is 17.9. The molecule has 8 heteroatoms. The molecule has 38 heavy (non-hydrogen) atoms. The Labute approximate surface area is 224 Å². The van der Waals surface area contributed by atoms with Crippen molar-refractivity contribution in [2.24, 2.45) is 5.92 Å². The van der Waals surface area contributed by atoms with Crippen LogP contribution in [0, 0.1) is 5.92 Å². The second-order valence-electron chi connectivity index (χ2n) is 10.9. The molecule has 3 aromatic rings. The number of hydrogen-bond acceptors (Lipinski definition) is 6. The van der Waals surface area contributed by atoms with Gasteiger partial charge in [0.2, 0.25) is 6.33 Å². The molecule has 7 nitrogen and oxygen atoms in total. The lowest BCUT2D eigenvalue weighted by atomic mass is 9.87. The summed E-state index contributed by atoms with van der Waals surface area (Å²) in [4.78, 5) is 11.5. The van der Waals surface area contributed by atoms with Gasteiger partial charge in [0.25, 0.3) is 0 Å². The number of anilines is 1. The fraction of sp³-hybridized carbons (Fsp3) is 0.367. The summed E-state index contributed by atoms with van der Waals surface area (Å²) in [5, 5.41) is 0. The van der Waals surface area contributed by atoms with E-state index in [2.05, 4.69) is 37.8 Å². The number of nitrogens with zero attached hydrogens (tertiary/aromatic N) is 4. The lowest BCUT2D eigenvalue weighted by molar-refractivity contribution is -0.363. The summed E-state index contributed by atoms with van der Waals surface area (Å²) in [6.07, 6.45) is 9.90. The number of para-hydroxylation sites is 1. The van der Waals surface area contributed by atoms with Crippen LogP contribution in [0.3, 0.4) is 0 Å². The fourth-order valence-corrected chi connectivity index (χ4v) is 7.42. The minimum Gasteiger partial charge on any atom is -0.457 e. The summed E-state index contributed by atoms with van der Waals surface area (Å²) < 4.78 is 20.6. The van der Waals surface area contributed by atoms with Crippen molar-refractivity contribution in [3.8, 4) is 11.5 Å². The number of fused-ring (bicyclic) bond motifs is 1. The number of nitrogens with two attached hydrogens (primary N) is 1. The predicted octanol–water partition coefficient (Wildman–Crippen LogP) is 5.84. The largest absolute Gasteiger partial charge is 0.457 e. The van der Waals surface area contributed by atoms with Crippen molar-refractivity contribution in [2.45, 2.75) is 25.7 Å². The number of aromatic nitrogens is 2. The molecule has 3 aliphatic rings. The molecule has 0 radical (unpaired) electrons. The average molecular weight is 529 g/mol. The first-order chi connectivity index (χ1) is 18.4. The molecule has 6 rings (SSSR count). The standard InChI is InChI=1S/C30H35N5O2P/c1-38(36)17-15-34(16-18-38)19-22-7-11-24(12-8-22)35-20-27(28-29(31)32-21-33-30(28)35)23-9-13-26(14-10-23)37-25-5-3-2-4-6-25/h2-6,9-10,13-14,20-22H,7-8,11-12,15-19H2,1H3,(H2,31,32,33)/q+1. The van der Waals surface area contributed by atoms with Crippen molar-refractivity contribution in [1.29, 1.82) is 0 Å². The van der Waals surface area contributed by atoms with E-state index < -0.39 is 7.14 Å². The second-order valence-corrected chi connectivity index (χ2v) is 14.4. The molecule has 0 bridgehead atoms. The van der Waals surface area contributed by atoms with Gasteiger partial charge >= 0.3 is 5.82 Å². The highest BCUT2D eigenvalue weighted by molar-refractivity contribution is 7.63. The Bertz CT molecular complexity index is 1410. The van der Waals surface area contributed by atoms with Crippen molar-refractivity contribution in [3.63, 3.8) is 0 Å². The van der Waals surface area contributed by atoms with Crippen molar-refractivity contribution in [2.75, 3.05) is 44.4 Å². The molecular formula is C30H35N5O2P+. The molecule has 1 aliphatic carbocycles. The summed E-state index contributed by atoms with van der Waals surface area (Å²) in [6.45, 7) is 5.05. The maximum Gasteiger partial charge on any atom is 0.341 e. The van der Waals surface area contributed by atoms with Crippen LogP contribution in [0.2, 0.25) is 0 Å². The smallest absolute Gasteiger partial charge is 0.341 e. The van der Waals surface area contributed by atoms with Crippen LogP contribution in [0.5, 0.6) is 11.5 Å². The third-order valence-corrected chi connectivity index (χ3v) is 10.4. The van der Waals surface area contributed by atoms with E-state index in [0.717, 1.165) is 91.7 Å². The van der Waals surface area contributed by atoms with E-state index in [-0.39, 0.29) is 0 Å². The van der Waals surface area contributed by atoms with Gasteiger partial charge in [0.1, 0.15) is 29.1 Å². The van der Waals surface area contributed by atoms with E-state index in [0.29, 0.717) is 11.7 Å². The van der Waals surface area contributed by atoms with Gasteiger partial charge in [-0.2, -0.15) is 4.98 Å². The van der Waals surface area contributed by atoms with Crippen LogP contribution in [-0.4, -0.2) is 63.8 Å². The monoisotopic (exact) mass is 528 g/mol. The Morgan fingerprint density at radius 3 is 2.39 bits per heavy atom. The highest BCUT2D eigenvalue weighted by atomic mass is 31.2. The van der Waals surface area contributed by atoms with E-state index >= 15 is 0 Å². The van der Waals surface area contributed by atoms with E-state index in [4.69, 9.17) is 10.5 Å². The molecule has 1 saturated carbocycles. The van der Waals surface area contributed by atoms with Crippen molar-refractivity contribution < 1.29 is 13.9 Å². The average Bonchev–Trinajstić information content (AvgIpc) is 3.32. The van der Waals surface area contributed by atoms with Crippen molar-refractivity contribution in [3.05, 3.63) is 78.3 Å². The van der Waals surface area contributed by atoms with Crippen LogP contribution < -0.4 is 10.5 Å². The lowest BCUT2D eigenvalue weighted by Crippen LogP contribution is -2.39. The minimum atomic E-state index is -1.88. The quantitative estimate of drug-likeness (QED) is 0.331. The molecule has 0 atom stereocenters. The third-order valence-electron chi connectivity index (χ3n) is 8.07. The Morgan fingerprint density at radius 1 is 1.00 bits per heavy atom. The number of hydrogen-bond donors (Lipinski definition) is 1. The molecule has 1 saturated heterocycles. The molecule has 0 amide bonds. The highest BCUT2D eigenvalue weighted by Crippen LogP contribution is 2.43. The minimum absolute atomic E-state index is 0.501. The van der Waals surface area contributed by atoms with Crippen LogP contribution in [0.25, 0.3) is 5.57 Å². The summed E-state index contributed by atoms with van der Waals surface area (Å²) >= 11 is 0. The van der Waals surface area contributed by atoms with Gasteiger partial charge in [0, 0.05) is 50.4 Å². The SMILES string of the molecule is CP1(=O)CCN(CC2CCC(=[N+]3C=C(c4ccc(Oc5ccccc5)cc4)c4c(N)ncnc43)CC2)CC1. The Hall–Kier alpha value is -3.28. The van der Waals surface area contributed by atoms with Crippen molar-refractivity contribution in [1.82, 2.24) is 14.9 Å². The van der Waals surface area contributed by atoms with Crippen LogP contribution in [0.1, 0.15) is 36.8 Å². The molecule has 2 fully saturated rings. The summed E-state index contributed by atoms with van der Waals surface area (Å²) in [7, 11) is -1.88. The zero-order chi connectivity index (χ0) is 26.1. The number of ether oxygens (including phenoxy) is 1. The summed E-state index contributed by atoms with van der Waals surface area (Å²) in [5.74, 6) is 3.66. The third kappa shape index (κ3) is 5.31. The van der Waals surface area contributed by atoms with E-state index in [9.17, 15) is 4.57 Å². The van der Waals surface area contributed by atoms with Crippen LogP contribution in [0.4, 0.5) is 11.6 Å². The Balaban J connectivity index is 1.20. The fourth-order valence-electron chi connectivity index (χ4n) is 5.78. The van der Waals surface area contributed by atoms with Gasteiger partial charge in [-0.05, 0) is 60.2 Å². The molecule has 196 valence electrons. The van der Waals surface area contributed by atoms with Crippen LogP contribution in [0.15, 0.2) is 67.1 Å². The van der Waals surface area contributed by atoms with Crippen molar-refractivity contribution >= 4 is 30.1 Å². The Morgan fingerprint density at radius 2 is 1.68 bits per heavy atom. The first kappa shape index (κ1) is 25.0. The number of rotatable bonds is 5. The molecule has 2 aliphatic heterocycles. The molecule has 0 spiro atoms. The van der Waals surface area contributed by atoms with Gasteiger partial charge < -0.3 is 19.9 Å².